The zero-order chi connectivity index (χ0) is 11.0. The van der Waals surface area contributed by atoms with E-state index in [0.29, 0.717) is 17.7 Å². The third kappa shape index (κ3) is 1.39. The van der Waals surface area contributed by atoms with Gasteiger partial charge in [0.1, 0.15) is 11.5 Å². The Morgan fingerprint density at radius 1 is 1.20 bits per heavy atom. The molecule has 1 aromatic rings. The Balaban J connectivity index is 2.67. The molecule has 0 saturated heterocycles. The second-order valence-electron chi connectivity index (χ2n) is 3.79. The average Bonchev–Trinajstić information content (AvgIpc) is 2.54. The van der Waals surface area contributed by atoms with Crippen molar-refractivity contribution in [3.8, 4) is 11.5 Å². The van der Waals surface area contributed by atoms with Gasteiger partial charge in [-0.2, -0.15) is 0 Å². The monoisotopic (exact) mass is 206 g/mol. The van der Waals surface area contributed by atoms with Crippen molar-refractivity contribution >= 4 is 5.78 Å². The first kappa shape index (κ1) is 10.0. The van der Waals surface area contributed by atoms with E-state index in [4.69, 9.17) is 9.47 Å². The molecular weight excluding hydrogens is 192 g/mol. The number of ether oxygens (including phenoxy) is 2. The van der Waals surface area contributed by atoms with E-state index < -0.39 is 0 Å². The lowest BCUT2D eigenvalue weighted by atomic mass is 10.0. The molecule has 0 unspecified atom stereocenters. The van der Waals surface area contributed by atoms with Crippen LogP contribution in [-0.2, 0) is 0 Å². The summed E-state index contributed by atoms with van der Waals surface area (Å²) in [4.78, 5) is 11.8. The molecule has 0 spiro atoms. The van der Waals surface area contributed by atoms with Gasteiger partial charge in [0, 0.05) is 12.0 Å². The summed E-state index contributed by atoms with van der Waals surface area (Å²) < 4.78 is 10.5. The summed E-state index contributed by atoms with van der Waals surface area (Å²) in [5, 5.41) is 0. The molecule has 0 fully saturated rings. The molecule has 0 aromatic heterocycles. The maximum atomic E-state index is 11.8. The fourth-order valence-electron chi connectivity index (χ4n) is 2.19. The zero-order valence-electron chi connectivity index (χ0n) is 9.16. The molecule has 1 aromatic carbocycles. The Hall–Kier alpha value is -1.51. The summed E-state index contributed by atoms with van der Waals surface area (Å²) in [5.41, 5.74) is 1.69. The van der Waals surface area contributed by atoms with Gasteiger partial charge in [0.05, 0.1) is 19.8 Å². The van der Waals surface area contributed by atoms with E-state index in [2.05, 4.69) is 0 Å². The van der Waals surface area contributed by atoms with Gasteiger partial charge in [0.25, 0.3) is 0 Å². The van der Waals surface area contributed by atoms with Crippen LogP contribution in [-0.4, -0.2) is 20.0 Å². The van der Waals surface area contributed by atoms with Crippen molar-refractivity contribution in [1.29, 1.82) is 0 Å². The predicted octanol–water partition coefficient (Wildman–Crippen LogP) is 2.39. The second-order valence-corrected chi connectivity index (χ2v) is 3.79. The van der Waals surface area contributed by atoms with Gasteiger partial charge in [-0.3, -0.25) is 4.79 Å². The SMILES string of the molecule is COc1ccc(OC)c2c1C(=O)C[C@@H]2C. The Kier molecular flexibility index (Phi) is 2.39. The van der Waals surface area contributed by atoms with Gasteiger partial charge < -0.3 is 9.47 Å². The lowest BCUT2D eigenvalue weighted by molar-refractivity contribution is 0.0987. The van der Waals surface area contributed by atoms with E-state index in [-0.39, 0.29) is 11.7 Å². The Morgan fingerprint density at radius 2 is 1.80 bits per heavy atom. The highest BCUT2D eigenvalue weighted by atomic mass is 16.5. The van der Waals surface area contributed by atoms with Crippen LogP contribution in [0.2, 0.25) is 0 Å². The molecule has 2 rings (SSSR count). The quantitative estimate of drug-likeness (QED) is 0.745. The number of rotatable bonds is 2. The number of hydrogen-bond acceptors (Lipinski definition) is 3. The van der Waals surface area contributed by atoms with Crippen LogP contribution in [0.5, 0.6) is 11.5 Å². The first-order valence-electron chi connectivity index (χ1n) is 4.97. The number of carbonyl (C=O) groups excluding carboxylic acids is 1. The van der Waals surface area contributed by atoms with Gasteiger partial charge in [-0.1, -0.05) is 6.92 Å². The minimum atomic E-state index is 0.147. The Morgan fingerprint density at radius 3 is 2.40 bits per heavy atom. The smallest absolute Gasteiger partial charge is 0.167 e. The molecule has 0 amide bonds. The topological polar surface area (TPSA) is 35.5 Å². The van der Waals surface area contributed by atoms with E-state index in [0.717, 1.165) is 11.3 Å². The normalized spacial score (nSPS) is 18.9. The lowest BCUT2D eigenvalue weighted by Crippen LogP contribution is -1.98. The number of carbonyl (C=O) groups is 1. The molecule has 3 heteroatoms. The van der Waals surface area contributed by atoms with Crippen molar-refractivity contribution in [2.75, 3.05) is 14.2 Å². The molecule has 0 heterocycles. The van der Waals surface area contributed by atoms with Crippen LogP contribution in [0.15, 0.2) is 12.1 Å². The van der Waals surface area contributed by atoms with Gasteiger partial charge in [-0.25, -0.2) is 0 Å². The van der Waals surface area contributed by atoms with Gasteiger partial charge in [0.15, 0.2) is 5.78 Å². The first-order valence-corrected chi connectivity index (χ1v) is 4.97. The maximum absolute atomic E-state index is 11.8. The molecule has 80 valence electrons. The van der Waals surface area contributed by atoms with E-state index >= 15 is 0 Å². The molecule has 1 aliphatic carbocycles. The van der Waals surface area contributed by atoms with Crippen molar-refractivity contribution in [2.45, 2.75) is 19.3 Å². The highest BCUT2D eigenvalue weighted by molar-refractivity contribution is 6.04. The third-order valence-corrected chi connectivity index (χ3v) is 2.87. The van der Waals surface area contributed by atoms with Crippen LogP contribution in [0.3, 0.4) is 0 Å². The lowest BCUT2D eigenvalue weighted by Gasteiger charge is -2.12. The van der Waals surface area contributed by atoms with Crippen LogP contribution >= 0.6 is 0 Å². The number of ketones is 1. The standard InChI is InChI=1S/C12H14O3/c1-7-6-8(13)12-10(15-3)5-4-9(14-2)11(7)12/h4-5,7H,6H2,1-3H3/t7-/m0/s1. The van der Waals surface area contributed by atoms with E-state index in [1.807, 2.05) is 13.0 Å². The molecule has 0 bridgehead atoms. The molecule has 15 heavy (non-hydrogen) atoms. The Bertz CT molecular complexity index is 410. The summed E-state index contributed by atoms with van der Waals surface area (Å²) in [6.07, 6.45) is 0.548. The number of methoxy groups -OCH3 is 2. The highest BCUT2D eigenvalue weighted by Crippen LogP contribution is 2.43. The second kappa shape index (κ2) is 3.57. The van der Waals surface area contributed by atoms with Crippen molar-refractivity contribution in [3.63, 3.8) is 0 Å². The van der Waals surface area contributed by atoms with Crippen molar-refractivity contribution in [3.05, 3.63) is 23.3 Å². The fraction of sp³-hybridized carbons (Fsp3) is 0.417. The van der Waals surface area contributed by atoms with Crippen molar-refractivity contribution < 1.29 is 14.3 Å². The summed E-state index contributed by atoms with van der Waals surface area (Å²) >= 11 is 0. The van der Waals surface area contributed by atoms with E-state index in [9.17, 15) is 4.79 Å². The number of hydrogen-bond donors (Lipinski definition) is 0. The van der Waals surface area contributed by atoms with Crippen LogP contribution < -0.4 is 9.47 Å². The first-order chi connectivity index (χ1) is 7.19. The Labute approximate surface area is 89.0 Å². The highest BCUT2D eigenvalue weighted by Gasteiger charge is 2.32. The summed E-state index contributed by atoms with van der Waals surface area (Å²) in [6, 6.07) is 3.64. The summed E-state index contributed by atoms with van der Waals surface area (Å²) in [5.74, 6) is 1.80. The number of fused-ring (bicyclic) bond motifs is 1. The van der Waals surface area contributed by atoms with Crippen molar-refractivity contribution in [1.82, 2.24) is 0 Å². The van der Waals surface area contributed by atoms with Crippen LogP contribution in [0.25, 0.3) is 0 Å². The molecule has 1 aliphatic rings. The fourth-order valence-corrected chi connectivity index (χ4v) is 2.19. The van der Waals surface area contributed by atoms with Gasteiger partial charge >= 0.3 is 0 Å². The molecule has 0 N–H and O–H groups in total. The molecule has 1 atom stereocenters. The van der Waals surface area contributed by atoms with Gasteiger partial charge in [-0.15, -0.1) is 0 Å². The number of benzene rings is 1. The number of Topliss-reactive ketones (excluding diaryl/α,β-unsaturated/α-hetero) is 1. The van der Waals surface area contributed by atoms with E-state index in [1.54, 1.807) is 20.3 Å². The zero-order valence-corrected chi connectivity index (χ0v) is 9.16. The molecular formula is C12H14O3. The average molecular weight is 206 g/mol. The minimum absolute atomic E-state index is 0.147. The molecule has 3 nitrogen and oxygen atoms in total. The maximum Gasteiger partial charge on any atom is 0.167 e. The van der Waals surface area contributed by atoms with E-state index in [1.165, 1.54) is 0 Å². The molecule has 0 saturated carbocycles. The third-order valence-electron chi connectivity index (χ3n) is 2.87. The van der Waals surface area contributed by atoms with Crippen molar-refractivity contribution in [2.24, 2.45) is 0 Å². The van der Waals surface area contributed by atoms with Crippen LogP contribution in [0, 0.1) is 0 Å². The molecule has 0 radical (unpaired) electrons. The molecule has 0 aliphatic heterocycles. The summed E-state index contributed by atoms with van der Waals surface area (Å²) in [7, 11) is 3.20. The van der Waals surface area contributed by atoms with Gasteiger partial charge in [-0.05, 0) is 18.1 Å². The largest absolute Gasteiger partial charge is 0.496 e. The van der Waals surface area contributed by atoms with Crippen LogP contribution in [0.1, 0.15) is 35.2 Å². The van der Waals surface area contributed by atoms with Gasteiger partial charge in [0.2, 0.25) is 0 Å². The minimum Gasteiger partial charge on any atom is -0.496 e. The van der Waals surface area contributed by atoms with Crippen LogP contribution in [0.4, 0.5) is 0 Å². The predicted molar refractivity (Wildman–Crippen MR) is 56.9 cm³/mol. The summed E-state index contributed by atoms with van der Waals surface area (Å²) in [6.45, 7) is 2.03.